The fourth-order valence-electron chi connectivity index (χ4n) is 2.04. The van der Waals surface area contributed by atoms with Gasteiger partial charge < -0.3 is 9.84 Å². The zero-order valence-corrected chi connectivity index (χ0v) is 13.4. The summed E-state index contributed by atoms with van der Waals surface area (Å²) in [6, 6.07) is 0. The SMILES string of the molecule is CCC/C=C/C=C/CCC[C@]1(OC)C=C[C@@H](CC(=O)O)OO1. The summed E-state index contributed by atoms with van der Waals surface area (Å²) in [7, 11) is 1.55. The fourth-order valence-corrected chi connectivity index (χ4v) is 2.04. The van der Waals surface area contributed by atoms with Crippen molar-refractivity contribution in [1.29, 1.82) is 0 Å². The summed E-state index contributed by atoms with van der Waals surface area (Å²) in [5.74, 6) is -1.84. The highest BCUT2D eigenvalue weighted by Crippen LogP contribution is 2.28. The Bertz CT molecular complexity index is 413. The van der Waals surface area contributed by atoms with Crippen LogP contribution in [0.4, 0.5) is 0 Å². The molecule has 1 N–H and O–H groups in total. The van der Waals surface area contributed by atoms with Crippen molar-refractivity contribution in [2.45, 2.75) is 57.3 Å². The first-order valence-corrected chi connectivity index (χ1v) is 7.74. The van der Waals surface area contributed by atoms with Crippen molar-refractivity contribution in [3.8, 4) is 0 Å². The van der Waals surface area contributed by atoms with Crippen molar-refractivity contribution in [2.75, 3.05) is 7.11 Å². The largest absolute Gasteiger partial charge is 0.481 e. The maximum Gasteiger partial charge on any atom is 0.306 e. The second kappa shape index (κ2) is 10.3. The van der Waals surface area contributed by atoms with E-state index in [2.05, 4.69) is 25.2 Å². The third-order valence-corrected chi connectivity index (χ3v) is 3.33. The van der Waals surface area contributed by atoms with Crippen LogP contribution in [-0.4, -0.2) is 30.1 Å². The molecule has 0 aromatic carbocycles. The van der Waals surface area contributed by atoms with E-state index in [0.29, 0.717) is 6.42 Å². The molecule has 0 bridgehead atoms. The molecular weight excluding hydrogens is 284 g/mol. The maximum absolute atomic E-state index is 10.6. The van der Waals surface area contributed by atoms with E-state index in [1.807, 2.05) is 6.08 Å². The van der Waals surface area contributed by atoms with Crippen LogP contribution >= 0.6 is 0 Å². The predicted molar refractivity (Wildman–Crippen MR) is 84.1 cm³/mol. The van der Waals surface area contributed by atoms with Crippen LogP contribution in [0.1, 0.15) is 45.4 Å². The molecule has 0 aliphatic carbocycles. The van der Waals surface area contributed by atoms with Crippen LogP contribution in [0.15, 0.2) is 36.5 Å². The van der Waals surface area contributed by atoms with E-state index in [4.69, 9.17) is 19.6 Å². The van der Waals surface area contributed by atoms with Crippen molar-refractivity contribution in [2.24, 2.45) is 0 Å². The molecule has 0 radical (unpaired) electrons. The molecule has 0 spiro atoms. The lowest BCUT2D eigenvalue weighted by molar-refractivity contribution is -0.428. The van der Waals surface area contributed by atoms with E-state index >= 15 is 0 Å². The van der Waals surface area contributed by atoms with Crippen molar-refractivity contribution >= 4 is 5.97 Å². The molecule has 0 aromatic heterocycles. The van der Waals surface area contributed by atoms with Gasteiger partial charge in [-0.25, -0.2) is 4.89 Å². The number of carboxylic acids is 1. The summed E-state index contributed by atoms with van der Waals surface area (Å²) in [4.78, 5) is 21.0. The van der Waals surface area contributed by atoms with E-state index in [9.17, 15) is 4.79 Å². The lowest BCUT2D eigenvalue weighted by Crippen LogP contribution is -2.38. The number of allylic oxidation sites excluding steroid dienone is 4. The zero-order chi connectivity index (χ0) is 16.3. The number of carboxylic acid groups (broad SMARTS) is 1. The standard InChI is InChI=1S/C17H26O5/c1-3-4-5-6-7-8-9-10-12-17(20-2)13-11-15(21-22-17)14-16(18)19/h5-8,11,13,15H,3-4,9-10,12,14H2,1-2H3,(H,18,19)/b6-5+,8-7+/t15-,17+/m0/s1. The van der Waals surface area contributed by atoms with E-state index in [-0.39, 0.29) is 6.42 Å². The third-order valence-electron chi connectivity index (χ3n) is 3.33. The van der Waals surface area contributed by atoms with Crippen molar-refractivity contribution in [1.82, 2.24) is 0 Å². The average Bonchev–Trinajstić information content (AvgIpc) is 2.51. The van der Waals surface area contributed by atoms with Gasteiger partial charge in [-0.05, 0) is 25.3 Å². The lowest BCUT2D eigenvalue weighted by atomic mass is 10.1. The van der Waals surface area contributed by atoms with Gasteiger partial charge in [0.2, 0.25) is 5.79 Å². The molecule has 22 heavy (non-hydrogen) atoms. The first kappa shape index (κ1) is 18.6. The van der Waals surface area contributed by atoms with E-state index < -0.39 is 17.9 Å². The molecule has 2 atom stereocenters. The van der Waals surface area contributed by atoms with Crippen molar-refractivity contribution in [3.05, 3.63) is 36.5 Å². The predicted octanol–water partition coefficient (Wildman–Crippen LogP) is 3.77. The first-order chi connectivity index (χ1) is 10.6. The summed E-state index contributed by atoms with van der Waals surface area (Å²) in [6.07, 6.45) is 15.8. The third kappa shape index (κ3) is 7.02. The molecule has 0 saturated heterocycles. The van der Waals surface area contributed by atoms with Crippen LogP contribution in [0.3, 0.4) is 0 Å². The Labute approximate surface area is 132 Å². The molecule has 124 valence electrons. The van der Waals surface area contributed by atoms with E-state index in [0.717, 1.165) is 25.7 Å². The number of hydrogen-bond donors (Lipinski definition) is 1. The van der Waals surface area contributed by atoms with Gasteiger partial charge in [0, 0.05) is 13.5 Å². The number of unbranched alkanes of at least 4 members (excludes halogenated alkanes) is 2. The Hall–Kier alpha value is -1.43. The van der Waals surface area contributed by atoms with Gasteiger partial charge >= 0.3 is 5.97 Å². The highest BCUT2D eigenvalue weighted by Gasteiger charge is 2.34. The summed E-state index contributed by atoms with van der Waals surface area (Å²) in [6.45, 7) is 2.15. The number of ether oxygens (including phenoxy) is 1. The minimum atomic E-state index is -0.926. The molecule has 0 fully saturated rings. The Morgan fingerprint density at radius 2 is 2.09 bits per heavy atom. The zero-order valence-electron chi connectivity index (χ0n) is 13.4. The highest BCUT2D eigenvalue weighted by molar-refractivity contribution is 5.67. The van der Waals surface area contributed by atoms with Crippen molar-refractivity contribution in [3.63, 3.8) is 0 Å². The second-order valence-corrected chi connectivity index (χ2v) is 5.23. The minimum absolute atomic E-state index is 0.122. The van der Waals surface area contributed by atoms with Gasteiger partial charge in [0.25, 0.3) is 0 Å². The van der Waals surface area contributed by atoms with Crippen LogP contribution in [0.5, 0.6) is 0 Å². The number of methoxy groups -OCH3 is 1. The highest BCUT2D eigenvalue weighted by atomic mass is 17.2. The number of rotatable bonds is 10. The molecule has 1 aliphatic heterocycles. The summed E-state index contributed by atoms with van der Waals surface area (Å²) in [5, 5.41) is 8.72. The molecule has 0 unspecified atom stereocenters. The Balaban J connectivity index is 2.34. The lowest BCUT2D eigenvalue weighted by Gasteiger charge is -2.32. The topological polar surface area (TPSA) is 65.0 Å². The number of carbonyl (C=O) groups is 1. The number of aliphatic carboxylic acids is 1. The normalized spacial score (nSPS) is 25.3. The van der Waals surface area contributed by atoms with Gasteiger partial charge in [-0.15, -0.1) is 0 Å². The maximum atomic E-state index is 10.6. The van der Waals surface area contributed by atoms with Crippen LogP contribution in [0.25, 0.3) is 0 Å². The summed E-state index contributed by atoms with van der Waals surface area (Å²) < 4.78 is 5.37. The van der Waals surface area contributed by atoms with Crippen LogP contribution in [-0.2, 0) is 19.3 Å². The molecule has 1 heterocycles. The first-order valence-electron chi connectivity index (χ1n) is 7.74. The molecule has 0 amide bonds. The molecule has 0 saturated carbocycles. The Kier molecular flexibility index (Phi) is 8.74. The van der Waals surface area contributed by atoms with Gasteiger partial charge in [-0.1, -0.05) is 43.7 Å². The monoisotopic (exact) mass is 310 g/mol. The van der Waals surface area contributed by atoms with E-state index in [1.165, 1.54) is 0 Å². The smallest absolute Gasteiger partial charge is 0.306 e. The minimum Gasteiger partial charge on any atom is -0.481 e. The molecule has 1 rings (SSSR count). The van der Waals surface area contributed by atoms with Crippen LogP contribution in [0.2, 0.25) is 0 Å². The summed E-state index contributed by atoms with van der Waals surface area (Å²) in [5.41, 5.74) is 0. The van der Waals surface area contributed by atoms with Crippen molar-refractivity contribution < 1.29 is 24.4 Å². The second-order valence-electron chi connectivity index (χ2n) is 5.23. The van der Waals surface area contributed by atoms with Gasteiger partial charge in [0.05, 0.1) is 6.42 Å². The van der Waals surface area contributed by atoms with Crippen LogP contribution < -0.4 is 0 Å². The quantitative estimate of drug-likeness (QED) is 0.288. The van der Waals surface area contributed by atoms with Gasteiger partial charge in [-0.2, -0.15) is 4.89 Å². The molecule has 5 nitrogen and oxygen atoms in total. The van der Waals surface area contributed by atoms with Gasteiger partial charge in [-0.3, -0.25) is 4.79 Å². The average molecular weight is 310 g/mol. The molecule has 1 aliphatic rings. The molecule has 5 heteroatoms. The number of hydrogen-bond acceptors (Lipinski definition) is 4. The Morgan fingerprint density at radius 3 is 2.64 bits per heavy atom. The van der Waals surface area contributed by atoms with E-state index in [1.54, 1.807) is 19.3 Å². The fraction of sp³-hybridized carbons (Fsp3) is 0.588. The summed E-state index contributed by atoms with van der Waals surface area (Å²) >= 11 is 0. The van der Waals surface area contributed by atoms with Gasteiger partial charge in [0.1, 0.15) is 6.10 Å². The molecule has 0 aromatic rings. The van der Waals surface area contributed by atoms with Crippen LogP contribution in [0, 0.1) is 0 Å². The van der Waals surface area contributed by atoms with Gasteiger partial charge in [0.15, 0.2) is 0 Å². The Morgan fingerprint density at radius 1 is 1.36 bits per heavy atom. The molecular formula is C17H26O5.